The molecule has 0 spiro atoms. The van der Waals surface area contributed by atoms with Crippen molar-refractivity contribution in [3.8, 4) is 0 Å². The van der Waals surface area contributed by atoms with Crippen LogP contribution in [0.5, 0.6) is 0 Å². The molecular formula is C14H20N2O3S. The number of anilines is 2. The molecule has 20 heavy (non-hydrogen) atoms. The molecule has 1 amide bonds. The Balaban J connectivity index is 2.47. The zero-order chi connectivity index (χ0) is 15.1. The summed E-state index contributed by atoms with van der Waals surface area (Å²) < 4.78 is 4.55. The van der Waals surface area contributed by atoms with Gasteiger partial charge in [0.15, 0.2) is 0 Å². The van der Waals surface area contributed by atoms with E-state index in [1.54, 1.807) is 12.1 Å². The minimum absolute atomic E-state index is 0.0901. The largest absolute Gasteiger partial charge is 0.469 e. The molecule has 110 valence electrons. The number of carbonyl (C=O) groups is 2. The second-order valence-electron chi connectivity index (χ2n) is 4.40. The number of benzene rings is 1. The number of nitrogens with one attached hydrogen (secondary N) is 1. The third-order valence-corrected chi connectivity index (χ3v) is 3.93. The van der Waals surface area contributed by atoms with Gasteiger partial charge in [0.25, 0.3) is 0 Å². The van der Waals surface area contributed by atoms with Gasteiger partial charge >= 0.3 is 5.97 Å². The quantitative estimate of drug-likeness (QED) is 0.621. The van der Waals surface area contributed by atoms with E-state index in [0.29, 0.717) is 17.9 Å². The van der Waals surface area contributed by atoms with Gasteiger partial charge in [-0.15, -0.1) is 11.8 Å². The number of ether oxygens (including phenoxy) is 1. The highest BCUT2D eigenvalue weighted by molar-refractivity contribution is 8.00. The predicted octanol–water partition coefficient (Wildman–Crippen LogP) is 2.20. The SMILES string of the molecule is COC(=O)CCSC(C)C(=O)Nc1ccc(N)cc1C. The molecule has 3 N–H and O–H groups in total. The van der Waals surface area contributed by atoms with E-state index in [4.69, 9.17) is 5.73 Å². The van der Waals surface area contributed by atoms with Gasteiger partial charge in [-0.2, -0.15) is 0 Å². The third kappa shape index (κ3) is 5.13. The van der Waals surface area contributed by atoms with Crippen LogP contribution in [-0.4, -0.2) is 30.0 Å². The summed E-state index contributed by atoms with van der Waals surface area (Å²) >= 11 is 1.42. The van der Waals surface area contributed by atoms with Crippen LogP contribution in [-0.2, 0) is 14.3 Å². The van der Waals surface area contributed by atoms with Crippen LogP contribution in [0.2, 0.25) is 0 Å². The van der Waals surface area contributed by atoms with E-state index in [0.717, 1.165) is 11.3 Å². The number of methoxy groups -OCH3 is 1. The monoisotopic (exact) mass is 296 g/mol. The topological polar surface area (TPSA) is 81.4 Å². The fraction of sp³-hybridized carbons (Fsp3) is 0.429. The number of aryl methyl sites for hydroxylation is 1. The van der Waals surface area contributed by atoms with E-state index in [9.17, 15) is 9.59 Å². The van der Waals surface area contributed by atoms with Crippen molar-refractivity contribution >= 4 is 35.0 Å². The molecule has 0 aromatic heterocycles. The van der Waals surface area contributed by atoms with Crippen molar-refractivity contribution in [2.24, 2.45) is 0 Å². The molecule has 1 aromatic carbocycles. The first-order chi connectivity index (χ1) is 9.43. The number of nitrogen functional groups attached to an aromatic ring is 1. The second-order valence-corrected chi connectivity index (χ2v) is 5.85. The molecule has 0 heterocycles. The Hall–Kier alpha value is -1.69. The zero-order valence-electron chi connectivity index (χ0n) is 11.9. The number of hydrogen-bond acceptors (Lipinski definition) is 5. The van der Waals surface area contributed by atoms with Crippen molar-refractivity contribution in [3.63, 3.8) is 0 Å². The highest BCUT2D eigenvalue weighted by Gasteiger charge is 2.15. The number of carbonyl (C=O) groups excluding carboxylic acids is 2. The van der Waals surface area contributed by atoms with Gasteiger partial charge in [-0.05, 0) is 37.6 Å². The van der Waals surface area contributed by atoms with Crippen LogP contribution in [0.1, 0.15) is 18.9 Å². The van der Waals surface area contributed by atoms with E-state index in [1.807, 2.05) is 19.9 Å². The van der Waals surface area contributed by atoms with E-state index >= 15 is 0 Å². The molecule has 5 nitrogen and oxygen atoms in total. The maximum absolute atomic E-state index is 12.0. The maximum Gasteiger partial charge on any atom is 0.306 e. The number of hydrogen-bond donors (Lipinski definition) is 2. The van der Waals surface area contributed by atoms with Gasteiger partial charge in [-0.3, -0.25) is 9.59 Å². The number of amides is 1. The van der Waals surface area contributed by atoms with Crippen molar-refractivity contribution in [1.82, 2.24) is 0 Å². The predicted molar refractivity (Wildman–Crippen MR) is 82.8 cm³/mol. The molecule has 1 rings (SSSR count). The van der Waals surface area contributed by atoms with Crippen LogP contribution in [0.3, 0.4) is 0 Å². The summed E-state index contributed by atoms with van der Waals surface area (Å²) in [5.74, 6) is 0.203. The summed E-state index contributed by atoms with van der Waals surface area (Å²) in [6.45, 7) is 3.70. The Bertz CT molecular complexity index is 491. The molecular weight excluding hydrogens is 276 g/mol. The summed E-state index contributed by atoms with van der Waals surface area (Å²) in [5, 5.41) is 2.62. The van der Waals surface area contributed by atoms with E-state index in [2.05, 4.69) is 10.1 Å². The smallest absolute Gasteiger partial charge is 0.306 e. The molecule has 6 heteroatoms. The fourth-order valence-electron chi connectivity index (χ4n) is 1.56. The van der Waals surface area contributed by atoms with Gasteiger partial charge in [0.2, 0.25) is 5.91 Å². The fourth-order valence-corrected chi connectivity index (χ4v) is 2.41. The maximum atomic E-state index is 12.0. The average Bonchev–Trinajstić information content (AvgIpc) is 2.41. The lowest BCUT2D eigenvalue weighted by Crippen LogP contribution is -2.23. The first-order valence-electron chi connectivity index (χ1n) is 6.29. The molecule has 0 aliphatic carbocycles. The zero-order valence-corrected chi connectivity index (χ0v) is 12.8. The molecule has 0 aliphatic heterocycles. The lowest BCUT2D eigenvalue weighted by atomic mass is 10.2. The van der Waals surface area contributed by atoms with Crippen LogP contribution in [0.4, 0.5) is 11.4 Å². The summed E-state index contributed by atoms with van der Waals surface area (Å²) in [4.78, 5) is 23.0. The van der Waals surface area contributed by atoms with E-state index in [1.165, 1.54) is 18.9 Å². The van der Waals surface area contributed by atoms with Gasteiger partial charge in [-0.1, -0.05) is 0 Å². The van der Waals surface area contributed by atoms with Gasteiger partial charge in [-0.25, -0.2) is 0 Å². The van der Waals surface area contributed by atoms with Crippen LogP contribution >= 0.6 is 11.8 Å². The second kappa shape index (κ2) is 7.79. The lowest BCUT2D eigenvalue weighted by molar-refractivity contribution is -0.140. The number of nitrogens with two attached hydrogens (primary N) is 1. The van der Waals surface area contributed by atoms with E-state index in [-0.39, 0.29) is 17.1 Å². The van der Waals surface area contributed by atoms with E-state index < -0.39 is 0 Å². The van der Waals surface area contributed by atoms with Crippen molar-refractivity contribution in [1.29, 1.82) is 0 Å². The van der Waals surface area contributed by atoms with Crippen LogP contribution in [0.15, 0.2) is 18.2 Å². The van der Waals surface area contributed by atoms with Crippen molar-refractivity contribution < 1.29 is 14.3 Å². The minimum Gasteiger partial charge on any atom is -0.469 e. The average molecular weight is 296 g/mol. The molecule has 1 aromatic rings. The molecule has 0 radical (unpaired) electrons. The molecule has 0 saturated carbocycles. The van der Waals surface area contributed by atoms with Crippen LogP contribution in [0, 0.1) is 6.92 Å². The molecule has 0 aliphatic rings. The first kappa shape index (κ1) is 16.4. The lowest BCUT2D eigenvalue weighted by Gasteiger charge is -2.13. The van der Waals surface area contributed by atoms with Crippen molar-refractivity contribution in [2.75, 3.05) is 23.9 Å². The highest BCUT2D eigenvalue weighted by Crippen LogP contribution is 2.20. The van der Waals surface area contributed by atoms with Crippen LogP contribution in [0.25, 0.3) is 0 Å². The Kier molecular flexibility index (Phi) is 6.38. The molecule has 1 atom stereocenters. The standard InChI is InChI=1S/C14H20N2O3S/c1-9-8-11(15)4-5-12(9)16-14(18)10(2)20-7-6-13(17)19-3/h4-5,8,10H,6-7,15H2,1-3H3,(H,16,18). The first-order valence-corrected chi connectivity index (χ1v) is 7.34. The van der Waals surface area contributed by atoms with Gasteiger partial charge in [0.05, 0.1) is 18.8 Å². The van der Waals surface area contributed by atoms with Crippen molar-refractivity contribution in [2.45, 2.75) is 25.5 Å². The molecule has 0 bridgehead atoms. The number of thioether (sulfide) groups is 1. The third-order valence-electron chi connectivity index (χ3n) is 2.78. The normalized spacial score (nSPS) is 11.8. The Morgan fingerprint density at radius 3 is 2.75 bits per heavy atom. The number of rotatable bonds is 6. The summed E-state index contributed by atoms with van der Waals surface area (Å²) in [6.07, 6.45) is 0.305. The molecule has 0 saturated heterocycles. The van der Waals surface area contributed by atoms with Crippen LogP contribution < -0.4 is 11.1 Å². The minimum atomic E-state index is -0.264. The summed E-state index contributed by atoms with van der Waals surface area (Å²) in [5.41, 5.74) is 8.01. The summed E-state index contributed by atoms with van der Waals surface area (Å²) in [6, 6.07) is 5.34. The highest BCUT2D eigenvalue weighted by atomic mass is 32.2. The van der Waals surface area contributed by atoms with Crippen molar-refractivity contribution in [3.05, 3.63) is 23.8 Å². The molecule has 1 unspecified atom stereocenters. The van der Waals surface area contributed by atoms with Gasteiger partial charge in [0.1, 0.15) is 0 Å². The Labute approximate surface area is 123 Å². The van der Waals surface area contributed by atoms with Gasteiger partial charge < -0.3 is 15.8 Å². The van der Waals surface area contributed by atoms with Gasteiger partial charge in [0, 0.05) is 17.1 Å². The Morgan fingerprint density at radius 1 is 1.45 bits per heavy atom. The number of esters is 1. The molecule has 0 fully saturated rings. The Morgan fingerprint density at radius 2 is 2.15 bits per heavy atom. The summed E-state index contributed by atoms with van der Waals surface area (Å²) in [7, 11) is 1.35.